The van der Waals surface area contributed by atoms with Gasteiger partial charge in [-0.3, -0.25) is 4.79 Å². The predicted octanol–water partition coefficient (Wildman–Crippen LogP) is 0.299. The molecule has 1 aliphatic rings. The smallest absolute Gasteiger partial charge is 0.150 e. The SMILES string of the molecule is COC1CNC(C(=O)CCc2nccn2C)C1. The number of Topliss-reactive ketones (excluding diaryl/α,β-unsaturated/α-hetero) is 1. The molecule has 94 valence electrons. The summed E-state index contributed by atoms with van der Waals surface area (Å²) in [5.41, 5.74) is 0. The Morgan fingerprint density at radius 3 is 3.12 bits per heavy atom. The zero-order chi connectivity index (χ0) is 12.3. The molecule has 2 rings (SSSR count). The summed E-state index contributed by atoms with van der Waals surface area (Å²) in [6.07, 6.45) is 5.87. The number of ketones is 1. The Kier molecular flexibility index (Phi) is 3.91. The van der Waals surface area contributed by atoms with Crippen molar-refractivity contribution in [3.8, 4) is 0 Å². The van der Waals surface area contributed by atoms with Gasteiger partial charge in [0.2, 0.25) is 0 Å². The van der Waals surface area contributed by atoms with Crippen LogP contribution in [0.25, 0.3) is 0 Å². The van der Waals surface area contributed by atoms with Crippen LogP contribution in [0.2, 0.25) is 0 Å². The number of methoxy groups -OCH3 is 1. The molecular weight excluding hydrogens is 218 g/mol. The van der Waals surface area contributed by atoms with E-state index in [1.807, 2.05) is 17.8 Å². The van der Waals surface area contributed by atoms with Crippen LogP contribution in [-0.2, 0) is 23.0 Å². The largest absolute Gasteiger partial charge is 0.380 e. The summed E-state index contributed by atoms with van der Waals surface area (Å²) in [6.45, 7) is 0.773. The Morgan fingerprint density at radius 2 is 2.53 bits per heavy atom. The monoisotopic (exact) mass is 237 g/mol. The van der Waals surface area contributed by atoms with E-state index in [0.717, 1.165) is 18.8 Å². The fourth-order valence-corrected chi connectivity index (χ4v) is 2.17. The highest BCUT2D eigenvalue weighted by molar-refractivity contribution is 5.84. The van der Waals surface area contributed by atoms with E-state index in [0.29, 0.717) is 12.8 Å². The summed E-state index contributed by atoms with van der Waals surface area (Å²) in [5, 5.41) is 3.20. The van der Waals surface area contributed by atoms with Crippen LogP contribution in [-0.4, -0.2) is 41.1 Å². The zero-order valence-electron chi connectivity index (χ0n) is 10.3. The molecule has 0 bridgehead atoms. The van der Waals surface area contributed by atoms with Crippen molar-refractivity contribution in [2.24, 2.45) is 7.05 Å². The van der Waals surface area contributed by atoms with Gasteiger partial charge < -0.3 is 14.6 Å². The quantitative estimate of drug-likeness (QED) is 0.800. The van der Waals surface area contributed by atoms with Crippen LogP contribution in [0.3, 0.4) is 0 Å². The number of ether oxygens (including phenoxy) is 1. The molecule has 5 nitrogen and oxygen atoms in total. The normalized spacial score (nSPS) is 24.1. The first kappa shape index (κ1) is 12.3. The summed E-state index contributed by atoms with van der Waals surface area (Å²) in [6, 6.07) is -0.0415. The van der Waals surface area contributed by atoms with Crippen molar-refractivity contribution in [1.82, 2.24) is 14.9 Å². The minimum atomic E-state index is -0.0415. The third kappa shape index (κ3) is 2.92. The highest BCUT2D eigenvalue weighted by Gasteiger charge is 2.28. The number of imidazole rings is 1. The van der Waals surface area contributed by atoms with Crippen LogP contribution in [0.5, 0.6) is 0 Å². The van der Waals surface area contributed by atoms with E-state index in [4.69, 9.17) is 4.74 Å². The molecule has 0 saturated carbocycles. The minimum absolute atomic E-state index is 0.0415. The fourth-order valence-electron chi connectivity index (χ4n) is 2.17. The predicted molar refractivity (Wildman–Crippen MR) is 63.7 cm³/mol. The Hall–Kier alpha value is -1.20. The Balaban J connectivity index is 1.80. The average molecular weight is 237 g/mol. The van der Waals surface area contributed by atoms with Gasteiger partial charge in [-0.2, -0.15) is 0 Å². The topological polar surface area (TPSA) is 56.1 Å². The van der Waals surface area contributed by atoms with Gasteiger partial charge in [0.25, 0.3) is 0 Å². The zero-order valence-corrected chi connectivity index (χ0v) is 10.3. The van der Waals surface area contributed by atoms with Crippen molar-refractivity contribution >= 4 is 5.78 Å². The van der Waals surface area contributed by atoms with Gasteiger partial charge in [-0.15, -0.1) is 0 Å². The van der Waals surface area contributed by atoms with Crippen LogP contribution in [0, 0.1) is 0 Å². The molecule has 0 radical (unpaired) electrons. The summed E-state index contributed by atoms with van der Waals surface area (Å²) in [4.78, 5) is 16.2. The number of nitrogens with one attached hydrogen (secondary N) is 1. The van der Waals surface area contributed by atoms with Gasteiger partial charge in [0.05, 0.1) is 12.1 Å². The lowest BCUT2D eigenvalue weighted by atomic mass is 10.1. The van der Waals surface area contributed by atoms with Gasteiger partial charge in [-0.1, -0.05) is 0 Å². The van der Waals surface area contributed by atoms with Gasteiger partial charge >= 0.3 is 0 Å². The molecule has 1 aromatic heterocycles. The van der Waals surface area contributed by atoms with Gasteiger partial charge in [-0.25, -0.2) is 4.98 Å². The summed E-state index contributed by atoms with van der Waals surface area (Å²) >= 11 is 0. The molecule has 17 heavy (non-hydrogen) atoms. The Labute approximate surface area is 101 Å². The van der Waals surface area contributed by atoms with Crippen molar-refractivity contribution in [2.45, 2.75) is 31.4 Å². The minimum Gasteiger partial charge on any atom is -0.380 e. The lowest BCUT2D eigenvalue weighted by Gasteiger charge is -2.09. The maximum Gasteiger partial charge on any atom is 0.150 e. The molecule has 2 atom stereocenters. The molecule has 1 aliphatic heterocycles. The summed E-state index contributed by atoms with van der Waals surface area (Å²) < 4.78 is 7.18. The number of aryl methyl sites for hydroxylation is 2. The molecule has 0 spiro atoms. The van der Waals surface area contributed by atoms with Gasteiger partial charge in [0.15, 0.2) is 0 Å². The van der Waals surface area contributed by atoms with E-state index in [9.17, 15) is 4.79 Å². The molecule has 5 heteroatoms. The maximum absolute atomic E-state index is 12.0. The number of carbonyl (C=O) groups is 1. The summed E-state index contributed by atoms with van der Waals surface area (Å²) in [7, 11) is 3.63. The molecule has 0 aliphatic carbocycles. The molecule has 1 saturated heterocycles. The lowest BCUT2D eigenvalue weighted by Crippen LogP contribution is -2.31. The second-order valence-corrected chi connectivity index (χ2v) is 4.47. The van der Waals surface area contributed by atoms with Crippen molar-refractivity contribution in [1.29, 1.82) is 0 Å². The Morgan fingerprint density at radius 1 is 1.71 bits per heavy atom. The first-order valence-electron chi connectivity index (χ1n) is 5.95. The molecule has 1 N–H and O–H groups in total. The van der Waals surface area contributed by atoms with Crippen molar-refractivity contribution in [3.63, 3.8) is 0 Å². The van der Waals surface area contributed by atoms with Crippen molar-refractivity contribution in [2.75, 3.05) is 13.7 Å². The van der Waals surface area contributed by atoms with Crippen molar-refractivity contribution < 1.29 is 9.53 Å². The third-order valence-corrected chi connectivity index (χ3v) is 3.33. The van der Waals surface area contributed by atoms with Crippen LogP contribution in [0.1, 0.15) is 18.7 Å². The standard InChI is InChI=1S/C12H19N3O2/c1-15-6-5-13-12(15)4-3-11(16)10-7-9(17-2)8-14-10/h5-6,9-10,14H,3-4,7-8H2,1-2H3. The van der Waals surface area contributed by atoms with Crippen LogP contribution >= 0.6 is 0 Å². The van der Waals surface area contributed by atoms with Crippen LogP contribution < -0.4 is 5.32 Å². The number of rotatable bonds is 5. The van der Waals surface area contributed by atoms with Crippen LogP contribution in [0.15, 0.2) is 12.4 Å². The van der Waals surface area contributed by atoms with E-state index in [-0.39, 0.29) is 17.9 Å². The number of aromatic nitrogens is 2. The van der Waals surface area contributed by atoms with Crippen molar-refractivity contribution in [3.05, 3.63) is 18.2 Å². The van der Waals surface area contributed by atoms with E-state index in [2.05, 4.69) is 10.3 Å². The molecule has 2 unspecified atom stereocenters. The summed E-state index contributed by atoms with van der Waals surface area (Å²) in [5.74, 6) is 1.21. The second kappa shape index (κ2) is 5.42. The third-order valence-electron chi connectivity index (χ3n) is 3.33. The lowest BCUT2D eigenvalue weighted by molar-refractivity contribution is -0.120. The Bertz CT molecular complexity index is 389. The van der Waals surface area contributed by atoms with Gasteiger partial charge in [0.1, 0.15) is 11.6 Å². The first-order chi connectivity index (χ1) is 8.20. The molecule has 2 heterocycles. The number of hydrogen-bond acceptors (Lipinski definition) is 4. The van der Waals surface area contributed by atoms with E-state index in [1.54, 1.807) is 13.3 Å². The molecule has 0 amide bonds. The highest BCUT2D eigenvalue weighted by atomic mass is 16.5. The van der Waals surface area contributed by atoms with E-state index < -0.39 is 0 Å². The van der Waals surface area contributed by atoms with Gasteiger partial charge in [-0.05, 0) is 6.42 Å². The number of hydrogen-bond donors (Lipinski definition) is 1. The first-order valence-corrected chi connectivity index (χ1v) is 5.95. The molecule has 1 aromatic rings. The fraction of sp³-hybridized carbons (Fsp3) is 0.667. The average Bonchev–Trinajstić information content (AvgIpc) is 2.94. The van der Waals surface area contributed by atoms with E-state index in [1.165, 1.54) is 0 Å². The maximum atomic E-state index is 12.0. The molecule has 1 fully saturated rings. The number of nitrogens with zero attached hydrogens (tertiary/aromatic N) is 2. The second-order valence-electron chi connectivity index (χ2n) is 4.47. The van der Waals surface area contributed by atoms with Gasteiger partial charge in [0, 0.05) is 45.9 Å². The highest BCUT2D eigenvalue weighted by Crippen LogP contribution is 2.12. The number of carbonyl (C=O) groups excluding carboxylic acids is 1. The van der Waals surface area contributed by atoms with Crippen LogP contribution in [0.4, 0.5) is 0 Å². The van der Waals surface area contributed by atoms with E-state index >= 15 is 0 Å². The molecule has 0 aromatic carbocycles. The molecular formula is C12H19N3O2.